The topological polar surface area (TPSA) is 48.0 Å². The predicted molar refractivity (Wildman–Crippen MR) is 93.9 cm³/mol. The van der Waals surface area contributed by atoms with Gasteiger partial charge in [-0.3, -0.25) is 4.90 Å². The number of carbonyl (C=O) groups excluding carboxylic acids is 1. The molecule has 0 radical (unpaired) electrons. The lowest BCUT2D eigenvalue weighted by Gasteiger charge is -2.40. The van der Waals surface area contributed by atoms with Crippen molar-refractivity contribution in [2.45, 2.75) is 58.2 Å². The molecule has 1 aromatic rings. The first kappa shape index (κ1) is 18.6. The molecule has 1 saturated heterocycles. The van der Waals surface area contributed by atoms with Gasteiger partial charge in [0, 0.05) is 18.6 Å². The lowest BCUT2D eigenvalue weighted by atomic mass is 9.97. The van der Waals surface area contributed by atoms with Crippen LogP contribution >= 0.6 is 0 Å². The third-order valence-corrected chi connectivity index (χ3v) is 4.77. The van der Waals surface area contributed by atoms with Gasteiger partial charge in [-0.2, -0.15) is 0 Å². The van der Waals surface area contributed by atoms with E-state index in [-0.39, 0.29) is 12.1 Å². The lowest BCUT2D eigenvalue weighted by molar-refractivity contribution is 0.00809. The molecule has 0 saturated carbocycles. The average molecular weight is 335 g/mol. The van der Waals surface area contributed by atoms with E-state index in [1.807, 2.05) is 6.92 Å². The fourth-order valence-electron chi connectivity index (χ4n) is 3.38. The van der Waals surface area contributed by atoms with Crippen LogP contribution in [0.15, 0.2) is 18.2 Å². The summed E-state index contributed by atoms with van der Waals surface area (Å²) in [5.41, 5.74) is 0.472. The smallest absolute Gasteiger partial charge is 0.338 e. The van der Waals surface area contributed by atoms with E-state index in [1.54, 1.807) is 32.4 Å². The first-order valence-corrected chi connectivity index (χ1v) is 8.65. The Labute approximate surface area is 144 Å². The standard InChI is InChI=1S/C19H29NO4/c1-13-7-6-8-14(2)20(13)12-15(3)24-19(21)16-9-10-17(22-4)18(11-16)23-5/h9-11,13-15H,6-8,12H2,1-5H3. The second-order valence-electron chi connectivity index (χ2n) is 6.61. The van der Waals surface area contributed by atoms with Crippen molar-refractivity contribution < 1.29 is 19.0 Å². The number of carbonyl (C=O) groups is 1. The highest BCUT2D eigenvalue weighted by atomic mass is 16.5. The van der Waals surface area contributed by atoms with Crippen LogP contribution in [0.1, 0.15) is 50.4 Å². The summed E-state index contributed by atoms with van der Waals surface area (Å²) in [5, 5.41) is 0. The van der Waals surface area contributed by atoms with Crippen molar-refractivity contribution in [3.05, 3.63) is 23.8 Å². The van der Waals surface area contributed by atoms with Gasteiger partial charge in [0.2, 0.25) is 0 Å². The van der Waals surface area contributed by atoms with Crippen LogP contribution in [0.3, 0.4) is 0 Å². The van der Waals surface area contributed by atoms with Gasteiger partial charge in [0.25, 0.3) is 0 Å². The van der Waals surface area contributed by atoms with Crippen LogP contribution in [0.5, 0.6) is 11.5 Å². The number of hydrogen-bond donors (Lipinski definition) is 0. The first-order valence-electron chi connectivity index (χ1n) is 8.65. The second-order valence-corrected chi connectivity index (χ2v) is 6.61. The molecule has 134 valence electrons. The number of esters is 1. The Hall–Kier alpha value is -1.75. The molecule has 1 fully saturated rings. The van der Waals surface area contributed by atoms with Crippen LogP contribution < -0.4 is 9.47 Å². The zero-order valence-electron chi connectivity index (χ0n) is 15.4. The summed E-state index contributed by atoms with van der Waals surface area (Å²) in [6.45, 7) is 7.21. The van der Waals surface area contributed by atoms with E-state index in [2.05, 4.69) is 18.7 Å². The third-order valence-electron chi connectivity index (χ3n) is 4.77. The molecule has 0 N–H and O–H groups in total. The third kappa shape index (κ3) is 4.41. The number of ether oxygens (including phenoxy) is 3. The zero-order chi connectivity index (χ0) is 17.7. The van der Waals surface area contributed by atoms with Crippen molar-refractivity contribution in [2.24, 2.45) is 0 Å². The van der Waals surface area contributed by atoms with Gasteiger partial charge in [0.15, 0.2) is 11.5 Å². The van der Waals surface area contributed by atoms with Gasteiger partial charge in [-0.25, -0.2) is 4.79 Å². The van der Waals surface area contributed by atoms with Gasteiger partial charge in [0.05, 0.1) is 19.8 Å². The Morgan fingerprint density at radius 1 is 1.17 bits per heavy atom. The van der Waals surface area contributed by atoms with Crippen LogP contribution in [-0.4, -0.2) is 49.8 Å². The minimum absolute atomic E-state index is 0.159. The summed E-state index contributed by atoms with van der Waals surface area (Å²) in [6, 6.07) is 6.14. The second kappa shape index (κ2) is 8.38. The summed E-state index contributed by atoms with van der Waals surface area (Å²) in [4.78, 5) is 14.8. The van der Waals surface area contributed by atoms with E-state index in [1.165, 1.54) is 19.3 Å². The lowest BCUT2D eigenvalue weighted by Crippen LogP contribution is -2.47. The zero-order valence-corrected chi connectivity index (χ0v) is 15.4. The minimum Gasteiger partial charge on any atom is -0.493 e. The first-order chi connectivity index (χ1) is 11.5. The highest BCUT2D eigenvalue weighted by molar-refractivity contribution is 5.90. The van der Waals surface area contributed by atoms with Crippen LogP contribution in [0.4, 0.5) is 0 Å². The van der Waals surface area contributed by atoms with Crippen LogP contribution in [-0.2, 0) is 4.74 Å². The molecule has 3 unspecified atom stereocenters. The van der Waals surface area contributed by atoms with Crippen molar-refractivity contribution in [3.63, 3.8) is 0 Å². The summed E-state index contributed by atoms with van der Waals surface area (Å²) >= 11 is 0. The van der Waals surface area contributed by atoms with Crippen LogP contribution in [0.2, 0.25) is 0 Å². The molecule has 0 amide bonds. The molecule has 0 aromatic heterocycles. The maximum atomic E-state index is 12.4. The summed E-state index contributed by atoms with van der Waals surface area (Å²) in [6.07, 6.45) is 3.54. The number of piperidine rings is 1. The minimum atomic E-state index is -0.333. The average Bonchev–Trinajstić information content (AvgIpc) is 2.57. The molecule has 5 nitrogen and oxygen atoms in total. The van der Waals surface area contributed by atoms with E-state index >= 15 is 0 Å². The number of benzene rings is 1. The molecular weight excluding hydrogens is 306 g/mol. The maximum absolute atomic E-state index is 12.4. The van der Waals surface area contributed by atoms with Crippen molar-refractivity contribution in [1.29, 1.82) is 0 Å². The number of rotatable bonds is 6. The monoisotopic (exact) mass is 335 g/mol. The molecule has 2 rings (SSSR count). The van der Waals surface area contributed by atoms with Crippen molar-refractivity contribution in [2.75, 3.05) is 20.8 Å². The van der Waals surface area contributed by atoms with Gasteiger partial charge < -0.3 is 14.2 Å². The highest BCUT2D eigenvalue weighted by Gasteiger charge is 2.27. The molecule has 5 heteroatoms. The largest absolute Gasteiger partial charge is 0.493 e. The van der Waals surface area contributed by atoms with Crippen molar-refractivity contribution in [1.82, 2.24) is 4.90 Å². The van der Waals surface area contributed by atoms with E-state index in [9.17, 15) is 4.79 Å². The van der Waals surface area contributed by atoms with Crippen LogP contribution in [0, 0.1) is 0 Å². The number of hydrogen-bond acceptors (Lipinski definition) is 5. The quantitative estimate of drug-likeness (QED) is 0.745. The van der Waals surface area contributed by atoms with Gasteiger partial charge in [-0.1, -0.05) is 6.42 Å². The van der Waals surface area contributed by atoms with Crippen LogP contribution in [0.25, 0.3) is 0 Å². The number of likely N-dealkylation sites (tertiary alicyclic amines) is 1. The Kier molecular flexibility index (Phi) is 6.49. The summed E-state index contributed by atoms with van der Waals surface area (Å²) in [5.74, 6) is 0.789. The highest BCUT2D eigenvalue weighted by Crippen LogP contribution is 2.28. The summed E-state index contributed by atoms with van der Waals surface area (Å²) in [7, 11) is 3.12. The molecule has 0 aliphatic carbocycles. The molecule has 24 heavy (non-hydrogen) atoms. The molecule has 0 bridgehead atoms. The molecule has 1 aliphatic heterocycles. The van der Waals surface area contributed by atoms with Gasteiger partial charge in [-0.15, -0.1) is 0 Å². The molecule has 1 aromatic carbocycles. The molecule has 1 aliphatic rings. The van der Waals surface area contributed by atoms with Gasteiger partial charge >= 0.3 is 5.97 Å². The van der Waals surface area contributed by atoms with Crippen molar-refractivity contribution in [3.8, 4) is 11.5 Å². The Bertz CT molecular complexity index is 550. The molecule has 3 atom stereocenters. The number of nitrogens with zero attached hydrogens (tertiary/aromatic N) is 1. The van der Waals surface area contributed by atoms with Gasteiger partial charge in [-0.05, 0) is 51.8 Å². The summed E-state index contributed by atoms with van der Waals surface area (Å²) < 4.78 is 16.1. The van der Waals surface area contributed by atoms with E-state index in [0.29, 0.717) is 29.1 Å². The fourth-order valence-corrected chi connectivity index (χ4v) is 3.38. The Morgan fingerprint density at radius 2 is 1.79 bits per heavy atom. The Balaban J connectivity index is 1.98. The van der Waals surface area contributed by atoms with Crippen molar-refractivity contribution >= 4 is 5.97 Å². The molecule has 1 heterocycles. The fraction of sp³-hybridized carbons (Fsp3) is 0.632. The molecule has 0 spiro atoms. The Morgan fingerprint density at radius 3 is 2.38 bits per heavy atom. The molecular formula is C19H29NO4. The normalized spacial score (nSPS) is 22.7. The predicted octanol–water partition coefficient (Wildman–Crippen LogP) is 3.51. The van der Waals surface area contributed by atoms with E-state index < -0.39 is 0 Å². The van der Waals surface area contributed by atoms with Gasteiger partial charge in [0.1, 0.15) is 6.10 Å². The maximum Gasteiger partial charge on any atom is 0.338 e. The SMILES string of the molecule is COc1ccc(C(=O)OC(C)CN2C(C)CCCC2C)cc1OC. The van der Waals surface area contributed by atoms with E-state index in [0.717, 1.165) is 6.54 Å². The number of methoxy groups -OCH3 is 2. The van der Waals surface area contributed by atoms with E-state index in [4.69, 9.17) is 14.2 Å².